The summed E-state index contributed by atoms with van der Waals surface area (Å²) < 4.78 is 32.2. The first-order chi connectivity index (χ1) is 17.4. The smallest absolute Gasteiger partial charge is 0.407 e. The zero-order valence-corrected chi connectivity index (χ0v) is 19.4. The van der Waals surface area contributed by atoms with Crippen LogP contribution in [0.5, 0.6) is 5.75 Å². The number of carboxylic acid groups (broad SMARTS) is 1. The molecule has 36 heavy (non-hydrogen) atoms. The number of anilines is 1. The third-order valence-electron chi connectivity index (χ3n) is 6.13. The van der Waals surface area contributed by atoms with Crippen LogP contribution in [0.4, 0.5) is 19.5 Å². The molecule has 5 rings (SSSR count). The Bertz CT molecular complexity index is 1390. The van der Waals surface area contributed by atoms with Gasteiger partial charge in [0.15, 0.2) is 0 Å². The van der Waals surface area contributed by atoms with Gasteiger partial charge in [-0.05, 0) is 13.0 Å². The number of carbonyl (C=O) groups is 1. The summed E-state index contributed by atoms with van der Waals surface area (Å²) in [5.74, 6) is 1.15. The van der Waals surface area contributed by atoms with Crippen molar-refractivity contribution in [2.75, 3.05) is 31.1 Å². The molecular weight excluding hydrogens is 472 g/mol. The van der Waals surface area contributed by atoms with Crippen LogP contribution in [-0.4, -0.2) is 73.2 Å². The van der Waals surface area contributed by atoms with E-state index in [1.165, 1.54) is 11.0 Å². The second-order valence-electron chi connectivity index (χ2n) is 8.35. The molecule has 0 aliphatic carbocycles. The highest BCUT2D eigenvalue weighted by Gasteiger charge is 2.22. The van der Waals surface area contributed by atoms with Gasteiger partial charge in [0.1, 0.15) is 5.75 Å². The zero-order valence-electron chi connectivity index (χ0n) is 19.4. The summed E-state index contributed by atoms with van der Waals surface area (Å²) in [7, 11) is 0. The molecule has 1 aliphatic rings. The number of aromatic nitrogens is 5. The number of para-hydroxylation sites is 1. The molecule has 10 nitrogen and oxygen atoms in total. The van der Waals surface area contributed by atoms with Gasteiger partial charge in [-0.2, -0.15) is 8.78 Å². The molecule has 1 amide bonds. The van der Waals surface area contributed by atoms with Gasteiger partial charge in [0.2, 0.25) is 11.7 Å². The second kappa shape index (κ2) is 9.72. The number of imidazole rings is 1. The highest BCUT2D eigenvalue weighted by molar-refractivity contribution is 5.65. The van der Waals surface area contributed by atoms with Crippen molar-refractivity contribution in [3.63, 3.8) is 0 Å². The number of rotatable bonds is 6. The van der Waals surface area contributed by atoms with Crippen LogP contribution in [-0.2, 0) is 6.42 Å². The number of ether oxygens (including phenoxy) is 1. The van der Waals surface area contributed by atoms with Gasteiger partial charge in [-0.25, -0.2) is 24.7 Å². The number of nitrogens with zero attached hydrogens (tertiary/aromatic N) is 7. The van der Waals surface area contributed by atoms with Crippen molar-refractivity contribution in [2.45, 2.75) is 20.0 Å². The Hall–Kier alpha value is -4.35. The first-order valence-electron chi connectivity index (χ1n) is 11.3. The lowest BCUT2D eigenvalue weighted by Crippen LogP contribution is -2.48. The minimum atomic E-state index is -2.91. The number of piperazine rings is 1. The number of fused-ring (bicyclic) bond motifs is 1. The molecule has 0 unspecified atom stereocenters. The maximum atomic E-state index is 12.9. The van der Waals surface area contributed by atoms with E-state index < -0.39 is 12.7 Å². The monoisotopic (exact) mass is 495 g/mol. The summed E-state index contributed by atoms with van der Waals surface area (Å²) in [6.45, 7) is 0.778. The van der Waals surface area contributed by atoms with Crippen molar-refractivity contribution in [3.05, 3.63) is 66.0 Å². The number of hydrogen-bond donors (Lipinski definition) is 1. The molecule has 1 aliphatic heterocycles. The molecular formula is C24H23F2N7O3. The lowest BCUT2D eigenvalue weighted by molar-refractivity contribution is -0.0504. The molecule has 1 aromatic carbocycles. The van der Waals surface area contributed by atoms with Gasteiger partial charge in [0.05, 0.1) is 11.4 Å². The summed E-state index contributed by atoms with van der Waals surface area (Å²) in [6, 6.07) is 6.69. The van der Waals surface area contributed by atoms with Gasteiger partial charge in [-0.1, -0.05) is 18.2 Å². The van der Waals surface area contributed by atoms with Crippen molar-refractivity contribution in [2.24, 2.45) is 0 Å². The van der Waals surface area contributed by atoms with E-state index in [9.17, 15) is 13.6 Å². The molecule has 0 saturated carbocycles. The molecule has 1 fully saturated rings. The molecule has 0 atom stereocenters. The van der Waals surface area contributed by atoms with Crippen LogP contribution < -0.4 is 9.64 Å². The minimum Gasteiger partial charge on any atom is -0.465 e. The minimum absolute atomic E-state index is 0.124. The maximum Gasteiger partial charge on any atom is 0.407 e. The van der Waals surface area contributed by atoms with E-state index in [1.807, 2.05) is 22.4 Å². The molecule has 12 heteroatoms. The molecule has 0 spiro atoms. The van der Waals surface area contributed by atoms with Gasteiger partial charge >= 0.3 is 12.7 Å². The van der Waals surface area contributed by atoms with E-state index in [1.54, 1.807) is 36.8 Å². The van der Waals surface area contributed by atoms with E-state index >= 15 is 0 Å². The molecule has 4 aromatic rings. The van der Waals surface area contributed by atoms with Crippen LogP contribution in [0.1, 0.15) is 17.0 Å². The number of hydrogen-bond acceptors (Lipinski definition) is 7. The Labute approximate surface area is 204 Å². The summed E-state index contributed by atoms with van der Waals surface area (Å²) >= 11 is 0. The Morgan fingerprint density at radius 2 is 1.75 bits per heavy atom. The maximum absolute atomic E-state index is 12.9. The largest absolute Gasteiger partial charge is 0.465 e. The van der Waals surface area contributed by atoms with Crippen molar-refractivity contribution < 1.29 is 23.4 Å². The molecule has 1 saturated heterocycles. The highest BCUT2D eigenvalue weighted by atomic mass is 19.3. The first kappa shape index (κ1) is 23.4. The van der Waals surface area contributed by atoms with E-state index in [-0.39, 0.29) is 5.75 Å². The van der Waals surface area contributed by atoms with Crippen molar-refractivity contribution >= 4 is 17.8 Å². The van der Waals surface area contributed by atoms with Crippen LogP contribution >= 0.6 is 0 Å². The fourth-order valence-corrected chi connectivity index (χ4v) is 4.22. The third-order valence-corrected chi connectivity index (χ3v) is 6.13. The van der Waals surface area contributed by atoms with Crippen molar-refractivity contribution in [1.29, 1.82) is 0 Å². The molecule has 186 valence electrons. The number of halogens is 2. The van der Waals surface area contributed by atoms with E-state index in [0.29, 0.717) is 49.9 Å². The normalized spacial score (nSPS) is 14.0. The standard InChI is InChI=1S/C24H23F2N7O3/c1-15-19(10-16-4-2-3-5-20(16)36-21(25)26)33-14-18(13-29-23(33)30-15)17-11-27-22(28-12-17)31-6-8-32(9-7-31)24(34)35/h2-5,11-14,21H,6-10H2,1H3,(H,34,35). The molecule has 4 heterocycles. The first-order valence-corrected chi connectivity index (χ1v) is 11.3. The topological polar surface area (TPSA) is 109 Å². The predicted octanol–water partition coefficient (Wildman–Crippen LogP) is 3.49. The van der Waals surface area contributed by atoms with Gasteiger partial charge < -0.3 is 19.6 Å². The fourth-order valence-electron chi connectivity index (χ4n) is 4.22. The third kappa shape index (κ3) is 4.74. The van der Waals surface area contributed by atoms with Crippen LogP contribution in [0.15, 0.2) is 49.1 Å². The number of amides is 1. The second-order valence-corrected chi connectivity index (χ2v) is 8.35. The zero-order chi connectivity index (χ0) is 25.2. The summed E-state index contributed by atoms with van der Waals surface area (Å²) in [5, 5.41) is 9.11. The number of benzene rings is 1. The van der Waals surface area contributed by atoms with Crippen LogP contribution in [0, 0.1) is 6.92 Å². The average molecular weight is 495 g/mol. The van der Waals surface area contributed by atoms with Gasteiger partial charge in [0.25, 0.3) is 0 Å². The number of alkyl halides is 2. The van der Waals surface area contributed by atoms with E-state index in [2.05, 4.69) is 24.7 Å². The van der Waals surface area contributed by atoms with Gasteiger partial charge in [-0.3, -0.25) is 4.40 Å². The quantitative estimate of drug-likeness (QED) is 0.433. The fraction of sp³-hybridized carbons (Fsp3) is 0.292. The highest BCUT2D eigenvalue weighted by Crippen LogP contribution is 2.26. The van der Waals surface area contributed by atoms with Crippen LogP contribution in [0.25, 0.3) is 16.9 Å². The average Bonchev–Trinajstić information content (AvgIpc) is 3.19. The Morgan fingerprint density at radius 1 is 1.06 bits per heavy atom. The molecule has 0 radical (unpaired) electrons. The summed E-state index contributed by atoms with van der Waals surface area (Å²) in [6.07, 6.45) is 6.36. The van der Waals surface area contributed by atoms with E-state index in [4.69, 9.17) is 5.11 Å². The Kier molecular flexibility index (Phi) is 6.32. The van der Waals surface area contributed by atoms with E-state index in [0.717, 1.165) is 22.5 Å². The predicted molar refractivity (Wildman–Crippen MR) is 126 cm³/mol. The Balaban J connectivity index is 1.40. The Morgan fingerprint density at radius 3 is 2.44 bits per heavy atom. The van der Waals surface area contributed by atoms with Crippen molar-refractivity contribution in [3.8, 4) is 16.9 Å². The van der Waals surface area contributed by atoms with Gasteiger partial charge in [-0.15, -0.1) is 0 Å². The SMILES string of the molecule is Cc1nc2ncc(-c3cnc(N4CCN(C(=O)O)CC4)nc3)cn2c1Cc1ccccc1OC(F)F. The molecule has 1 N–H and O–H groups in total. The molecule has 3 aromatic heterocycles. The lowest BCUT2D eigenvalue weighted by atomic mass is 10.1. The molecule has 0 bridgehead atoms. The number of aryl methyl sites for hydroxylation is 1. The van der Waals surface area contributed by atoms with Crippen LogP contribution in [0.3, 0.4) is 0 Å². The lowest BCUT2D eigenvalue weighted by Gasteiger charge is -2.33. The van der Waals surface area contributed by atoms with Crippen LogP contribution in [0.2, 0.25) is 0 Å². The van der Waals surface area contributed by atoms with Gasteiger partial charge in [0, 0.05) is 74.1 Å². The summed E-state index contributed by atoms with van der Waals surface area (Å²) in [4.78, 5) is 32.3. The summed E-state index contributed by atoms with van der Waals surface area (Å²) in [5.41, 5.74) is 3.66. The van der Waals surface area contributed by atoms with Crippen molar-refractivity contribution in [1.82, 2.24) is 29.2 Å².